The van der Waals surface area contributed by atoms with Gasteiger partial charge in [0, 0.05) is 11.5 Å². The molecule has 0 N–H and O–H groups in total. The maximum absolute atomic E-state index is 11.6. The fourth-order valence-corrected chi connectivity index (χ4v) is 2.32. The first-order valence-corrected chi connectivity index (χ1v) is 5.55. The average molecular weight is 208 g/mol. The molecule has 0 spiro atoms. The monoisotopic (exact) mass is 208 g/mol. The van der Waals surface area contributed by atoms with Gasteiger partial charge in [-0.3, -0.25) is 4.79 Å². The third-order valence-corrected chi connectivity index (χ3v) is 3.12. The summed E-state index contributed by atoms with van der Waals surface area (Å²) in [6, 6.07) is 0. The van der Waals surface area contributed by atoms with Crippen LogP contribution in [-0.4, -0.2) is 5.78 Å². The second-order valence-corrected chi connectivity index (χ2v) is 4.12. The lowest BCUT2D eigenvalue weighted by atomic mass is 9.86. The summed E-state index contributed by atoms with van der Waals surface area (Å²) in [4.78, 5) is 11.6. The standard InChI is InChI=1S/C15H12O/c16-15-8-4-7-13-12(9-10-14(13)15)11-5-2-1-3-6-11/h2-11H,1H2. The Bertz CT molecular complexity index is 510. The quantitative estimate of drug-likeness (QED) is 0.605. The molecule has 0 amide bonds. The van der Waals surface area contributed by atoms with Crippen molar-refractivity contribution in [3.63, 3.8) is 0 Å². The molecule has 0 radical (unpaired) electrons. The zero-order chi connectivity index (χ0) is 11.0. The molecule has 0 unspecified atom stereocenters. The van der Waals surface area contributed by atoms with Gasteiger partial charge in [0.2, 0.25) is 0 Å². The van der Waals surface area contributed by atoms with Gasteiger partial charge >= 0.3 is 0 Å². The van der Waals surface area contributed by atoms with Gasteiger partial charge in [-0.1, -0.05) is 48.6 Å². The summed E-state index contributed by atoms with van der Waals surface area (Å²) in [6.45, 7) is 0. The van der Waals surface area contributed by atoms with E-state index in [1.165, 1.54) is 5.57 Å². The summed E-state index contributed by atoms with van der Waals surface area (Å²) in [7, 11) is 0. The topological polar surface area (TPSA) is 17.1 Å². The Balaban J connectivity index is 1.96. The first-order chi connectivity index (χ1) is 7.86. The first-order valence-electron chi connectivity index (χ1n) is 5.55. The molecule has 0 saturated carbocycles. The van der Waals surface area contributed by atoms with E-state index in [-0.39, 0.29) is 5.78 Å². The molecule has 3 rings (SSSR count). The molecular formula is C15H12O. The van der Waals surface area contributed by atoms with E-state index < -0.39 is 0 Å². The molecule has 0 aromatic heterocycles. The summed E-state index contributed by atoms with van der Waals surface area (Å²) >= 11 is 0. The van der Waals surface area contributed by atoms with E-state index in [0.717, 1.165) is 17.6 Å². The number of allylic oxidation sites excluding steroid dienone is 12. The number of ketones is 1. The van der Waals surface area contributed by atoms with Crippen LogP contribution in [0.25, 0.3) is 0 Å². The van der Waals surface area contributed by atoms with Crippen molar-refractivity contribution in [2.24, 2.45) is 5.92 Å². The second-order valence-electron chi connectivity index (χ2n) is 4.12. The van der Waals surface area contributed by atoms with Gasteiger partial charge in [-0.05, 0) is 23.6 Å². The third kappa shape index (κ3) is 1.36. The minimum Gasteiger partial charge on any atom is -0.289 e. The Kier molecular flexibility index (Phi) is 2.10. The summed E-state index contributed by atoms with van der Waals surface area (Å²) in [5, 5.41) is 0. The van der Waals surface area contributed by atoms with Crippen LogP contribution in [0.1, 0.15) is 6.42 Å². The Morgan fingerprint density at radius 2 is 1.81 bits per heavy atom. The molecule has 78 valence electrons. The fourth-order valence-electron chi connectivity index (χ4n) is 2.32. The van der Waals surface area contributed by atoms with Crippen molar-refractivity contribution >= 4 is 5.78 Å². The highest BCUT2D eigenvalue weighted by atomic mass is 16.1. The van der Waals surface area contributed by atoms with Gasteiger partial charge in [0.1, 0.15) is 0 Å². The Hall–Kier alpha value is -1.89. The van der Waals surface area contributed by atoms with Gasteiger partial charge in [0.15, 0.2) is 5.78 Å². The van der Waals surface area contributed by atoms with Crippen molar-refractivity contribution in [2.45, 2.75) is 6.42 Å². The molecule has 0 heterocycles. The zero-order valence-corrected chi connectivity index (χ0v) is 8.89. The van der Waals surface area contributed by atoms with Crippen LogP contribution in [0.4, 0.5) is 0 Å². The van der Waals surface area contributed by atoms with Crippen molar-refractivity contribution in [1.29, 1.82) is 0 Å². The smallest absolute Gasteiger partial charge is 0.186 e. The molecule has 0 aromatic rings. The maximum atomic E-state index is 11.6. The highest BCUT2D eigenvalue weighted by Gasteiger charge is 2.25. The second kappa shape index (κ2) is 3.60. The normalized spacial score (nSPS) is 23.0. The minimum absolute atomic E-state index is 0.118. The molecule has 3 aliphatic rings. The lowest BCUT2D eigenvalue weighted by Gasteiger charge is -2.17. The van der Waals surface area contributed by atoms with Crippen LogP contribution in [-0.2, 0) is 4.79 Å². The predicted octanol–water partition coefficient (Wildman–Crippen LogP) is 3.05. The van der Waals surface area contributed by atoms with Crippen LogP contribution in [0, 0.1) is 5.92 Å². The molecule has 1 nitrogen and oxygen atoms in total. The van der Waals surface area contributed by atoms with E-state index in [0.29, 0.717) is 5.92 Å². The van der Waals surface area contributed by atoms with Crippen LogP contribution < -0.4 is 0 Å². The Labute approximate surface area is 94.9 Å². The molecule has 0 aliphatic heterocycles. The molecule has 0 aromatic carbocycles. The number of hydrogen-bond donors (Lipinski definition) is 0. The van der Waals surface area contributed by atoms with E-state index in [1.54, 1.807) is 6.08 Å². The highest BCUT2D eigenvalue weighted by molar-refractivity contribution is 6.11. The zero-order valence-electron chi connectivity index (χ0n) is 8.89. The molecule has 0 atom stereocenters. The first kappa shape index (κ1) is 9.34. The van der Waals surface area contributed by atoms with E-state index in [2.05, 4.69) is 30.4 Å². The molecule has 0 fully saturated rings. The predicted molar refractivity (Wildman–Crippen MR) is 64.8 cm³/mol. The average Bonchev–Trinajstić information content (AvgIpc) is 2.75. The summed E-state index contributed by atoms with van der Waals surface area (Å²) in [5.74, 6) is 0.445. The van der Waals surface area contributed by atoms with E-state index in [9.17, 15) is 4.79 Å². The van der Waals surface area contributed by atoms with Gasteiger partial charge in [-0.25, -0.2) is 0 Å². The van der Waals surface area contributed by atoms with Crippen molar-refractivity contribution < 1.29 is 4.79 Å². The largest absolute Gasteiger partial charge is 0.289 e. The molecule has 0 bridgehead atoms. The molecule has 3 aliphatic carbocycles. The maximum Gasteiger partial charge on any atom is 0.186 e. The van der Waals surface area contributed by atoms with Gasteiger partial charge < -0.3 is 0 Å². The highest BCUT2D eigenvalue weighted by Crippen LogP contribution is 2.36. The lowest BCUT2D eigenvalue weighted by Crippen LogP contribution is -2.08. The van der Waals surface area contributed by atoms with Crippen molar-refractivity contribution in [3.05, 3.63) is 71.4 Å². The lowest BCUT2D eigenvalue weighted by molar-refractivity contribution is -0.111. The van der Waals surface area contributed by atoms with Gasteiger partial charge in [-0.15, -0.1) is 0 Å². The summed E-state index contributed by atoms with van der Waals surface area (Å²) < 4.78 is 0. The molecule has 0 saturated heterocycles. The molecule has 1 heteroatoms. The Morgan fingerprint density at radius 3 is 2.62 bits per heavy atom. The van der Waals surface area contributed by atoms with Crippen LogP contribution >= 0.6 is 0 Å². The Morgan fingerprint density at radius 1 is 1.00 bits per heavy atom. The van der Waals surface area contributed by atoms with Crippen molar-refractivity contribution in [3.8, 4) is 0 Å². The van der Waals surface area contributed by atoms with E-state index in [1.807, 2.05) is 18.2 Å². The van der Waals surface area contributed by atoms with Crippen LogP contribution in [0.3, 0.4) is 0 Å². The van der Waals surface area contributed by atoms with Gasteiger partial charge in [-0.2, -0.15) is 0 Å². The van der Waals surface area contributed by atoms with Crippen molar-refractivity contribution in [1.82, 2.24) is 0 Å². The summed E-state index contributed by atoms with van der Waals surface area (Å²) in [6.07, 6.45) is 19.3. The number of carbonyl (C=O) groups excluding carboxylic acids is 1. The molecular weight excluding hydrogens is 196 g/mol. The number of carbonyl (C=O) groups is 1. The SMILES string of the molecule is O=C1C=CC=C2C1=CC=C2C1C=CCC=C1. The van der Waals surface area contributed by atoms with Crippen molar-refractivity contribution in [2.75, 3.05) is 0 Å². The van der Waals surface area contributed by atoms with Gasteiger partial charge in [0.05, 0.1) is 0 Å². The van der Waals surface area contributed by atoms with Crippen LogP contribution in [0.2, 0.25) is 0 Å². The number of fused-ring (bicyclic) bond motifs is 1. The van der Waals surface area contributed by atoms with Crippen LogP contribution in [0.15, 0.2) is 71.4 Å². The van der Waals surface area contributed by atoms with Gasteiger partial charge in [0.25, 0.3) is 0 Å². The summed E-state index contributed by atoms with van der Waals surface area (Å²) in [5.41, 5.74) is 3.17. The molecule has 16 heavy (non-hydrogen) atoms. The third-order valence-electron chi connectivity index (χ3n) is 3.12. The minimum atomic E-state index is 0.118. The van der Waals surface area contributed by atoms with E-state index in [4.69, 9.17) is 0 Å². The fraction of sp³-hybridized carbons (Fsp3) is 0.133. The number of rotatable bonds is 1. The number of hydrogen-bond acceptors (Lipinski definition) is 1. The van der Waals surface area contributed by atoms with Crippen LogP contribution in [0.5, 0.6) is 0 Å². The van der Waals surface area contributed by atoms with E-state index >= 15 is 0 Å².